The summed E-state index contributed by atoms with van der Waals surface area (Å²) >= 11 is 2.44. The van der Waals surface area contributed by atoms with Gasteiger partial charge in [-0.1, -0.05) is 35.9 Å². The number of hydrogen-bond acceptors (Lipinski definition) is 1. The molecule has 0 amide bonds. The van der Waals surface area contributed by atoms with Crippen molar-refractivity contribution >= 4 is 22.6 Å². The Kier molecular flexibility index (Phi) is 6.32. The maximum absolute atomic E-state index is 5.31. The zero-order chi connectivity index (χ0) is 6.41. The average molecular weight is 227 g/mol. The minimum atomic E-state index is 0.819. The molecule has 2 heteroatoms. The summed E-state index contributed by atoms with van der Waals surface area (Å²) in [5, 5.41) is 0. The van der Waals surface area contributed by atoms with E-state index < -0.39 is 0 Å². The van der Waals surface area contributed by atoms with Crippen molar-refractivity contribution in [3.8, 4) is 0 Å². The monoisotopic (exact) mass is 227 g/mol. The van der Waals surface area contributed by atoms with Crippen LogP contribution in [-0.4, -0.2) is 10.5 Å². The topological polar surface area (TPSA) is 26.0 Å². The number of hydrogen-bond donors (Lipinski definition) is 1. The first-order valence-electron chi connectivity index (χ1n) is 3.11. The van der Waals surface area contributed by atoms with Gasteiger partial charge in [-0.3, -0.25) is 0 Å². The number of alkyl halides is 1. The van der Waals surface area contributed by atoms with Gasteiger partial charge in [0.15, 0.2) is 0 Å². The molecule has 0 radical (unpaired) electrons. The highest BCUT2D eigenvalue weighted by molar-refractivity contribution is 14.1. The maximum atomic E-state index is 5.31. The van der Waals surface area contributed by atoms with E-state index in [9.17, 15) is 0 Å². The smallest absolute Gasteiger partial charge is 0.00813 e. The molecule has 0 bridgehead atoms. The second-order valence-corrected chi connectivity index (χ2v) is 4.19. The molecule has 0 aromatic carbocycles. The Labute approximate surface area is 65.2 Å². The lowest BCUT2D eigenvalue weighted by Gasteiger charge is -1.99. The van der Waals surface area contributed by atoms with Crippen molar-refractivity contribution in [2.24, 2.45) is 5.73 Å². The van der Waals surface area contributed by atoms with E-state index in [-0.39, 0.29) is 0 Å². The van der Waals surface area contributed by atoms with E-state index >= 15 is 0 Å². The van der Waals surface area contributed by atoms with Crippen LogP contribution in [0.3, 0.4) is 0 Å². The van der Waals surface area contributed by atoms with Gasteiger partial charge in [-0.25, -0.2) is 0 Å². The van der Waals surface area contributed by atoms with Gasteiger partial charge in [-0.05, 0) is 19.4 Å². The zero-order valence-corrected chi connectivity index (χ0v) is 7.52. The van der Waals surface area contributed by atoms with Crippen molar-refractivity contribution in [2.75, 3.05) is 6.54 Å². The molecule has 0 aliphatic rings. The quantitative estimate of drug-likeness (QED) is 0.443. The fourth-order valence-electron chi connectivity index (χ4n) is 0.570. The SMILES string of the molecule is C[C@@H](I)CCCCN. The van der Waals surface area contributed by atoms with Crippen LogP contribution < -0.4 is 5.73 Å². The van der Waals surface area contributed by atoms with Crippen LogP contribution in [0.25, 0.3) is 0 Å². The van der Waals surface area contributed by atoms with Gasteiger partial charge in [0.05, 0.1) is 0 Å². The third kappa shape index (κ3) is 6.69. The van der Waals surface area contributed by atoms with Crippen molar-refractivity contribution in [3.05, 3.63) is 0 Å². The number of halogens is 1. The Morgan fingerprint density at radius 2 is 2.12 bits per heavy atom. The molecule has 0 saturated heterocycles. The van der Waals surface area contributed by atoms with Crippen molar-refractivity contribution in [1.82, 2.24) is 0 Å². The van der Waals surface area contributed by atoms with Crippen LogP contribution in [0.2, 0.25) is 0 Å². The molecule has 2 N–H and O–H groups in total. The normalized spacial score (nSPS) is 13.9. The summed E-state index contributed by atoms with van der Waals surface area (Å²) < 4.78 is 0.819. The zero-order valence-electron chi connectivity index (χ0n) is 5.36. The number of rotatable bonds is 4. The highest BCUT2D eigenvalue weighted by atomic mass is 127. The molecule has 0 unspecified atom stereocenters. The fraction of sp³-hybridized carbons (Fsp3) is 1.00. The lowest BCUT2D eigenvalue weighted by Crippen LogP contribution is -1.99. The molecule has 0 spiro atoms. The predicted molar refractivity (Wildman–Crippen MR) is 46.4 cm³/mol. The van der Waals surface area contributed by atoms with Crippen molar-refractivity contribution < 1.29 is 0 Å². The standard InChI is InChI=1S/C6H14IN/c1-6(7)4-2-3-5-8/h6H,2-5,8H2,1H3/t6-/m1/s1. The molecule has 0 fully saturated rings. The maximum Gasteiger partial charge on any atom is 0.00813 e. The average Bonchev–Trinajstić information content (AvgIpc) is 1.66. The van der Waals surface area contributed by atoms with Gasteiger partial charge < -0.3 is 5.73 Å². The molecule has 0 aliphatic carbocycles. The number of nitrogens with two attached hydrogens (primary N) is 1. The molecule has 8 heavy (non-hydrogen) atoms. The molecule has 0 heterocycles. The summed E-state index contributed by atoms with van der Waals surface area (Å²) in [7, 11) is 0. The van der Waals surface area contributed by atoms with E-state index in [4.69, 9.17) is 5.73 Å². The molecular formula is C6H14IN. The summed E-state index contributed by atoms with van der Waals surface area (Å²) in [6.07, 6.45) is 3.80. The van der Waals surface area contributed by atoms with Gasteiger partial charge in [0, 0.05) is 3.92 Å². The van der Waals surface area contributed by atoms with Gasteiger partial charge in [-0.15, -0.1) is 0 Å². The first-order valence-corrected chi connectivity index (χ1v) is 4.36. The Morgan fingerprint density at radius 3 is 2.50 bits per heavy atom. The van der Waals surface area contributed by atoms with Crippen LogP contribution in [0.1, 0.15) is 26.2 Å². The van der Waals surface area contributed by atoms with E-state index in [1.807, 2.05) is 0 Å². The lowest BCUT2D eigenvalue weighted by molar-refractivity contribution is 0.693. The summed E-state index contributed by atoms with van der Waals surface area (Å²) in [5.74, 6) is 0. The highest BCUT2D eigenvalue weighted by Gasteiger charge is 1.92. The predicted octanol–water partition coefficient (Wildman–Crippen LogP) is 1.94. The molecule has 50 valence electrons. The second kappa shape index (κ2) is 5.82. The Balaban J connectivity index is 2.72. The third-order valence-electron chi connectivity index (χ3n) is 1.06. The molecule has 0 aromatic rings. The van der Waals surface area contributed by atoms with Crippen LogP contribution >= 0.6 is 22.6 Å². The molecular weight excluding hydrogens is 213 g/mol. The van der Waals surface area contributed by atoms with Crippen molar-refractivity contribution in [3.63, 3.8) is 0 Å². The highest BCUT2D eigenvalue weighted by Crippen LogP contribution is 2.07. The summed E-state index contributed by atoms with van der Waals surface area (Å²) in [6, 6.07) is 0. The van der Waals surface area contributed by atoms with Crippen LogP contribution in [-0.2, 0) is 0 Å². The van der Waals surface area contributed by atoms with Gasteiger partial charge in [-0.2, -0.15) is 0 Å². The van der Waals surface area contributed by atoms with Crippen LogP contribution in [0.5, 0.6) is 0 Å². The van der Waals surface area contributed by atoms with E-state index in [0.29, 0.717) is 0 Å². The van der Waals surface area contributed by atoms with Gasteiger partial charge in [0.25, 0.3) is 0 Å². The summed E-state index contributed by atoms with van der Waals surface area (Å²) in [6.45, 7) is 3.08. The van der Waals surface area contributed by atoms with Crippen LogP contribution in [0.15, 0.2) is 0 Å². The summed E-state index contributed by atoms with van der Waals surface area (Å²) in [5.41, 5.74) is 5.31. The van der Waals surface area contributed by atoms with E-state index in [0.717, 1.165) is 10.5 Å². The molecule has 1 nitrogen and oxygen atoms in total. The van der Waals surface area contributed by atoms with E-state index in [2.05, 4.69) is 29.5 Å². The second-order valence-electron chi connectivity index (χ2n) is 2.07. The van der Waals surface area contributed by atoms with Gasteiger partial charge in [0.2, 0.25) is 0 Å². The first-order chi connectivity index (χ1) is 3.77. The van der Waals surface area contributed by atoms with Crippen molar-refractivity contribution in [2.45, 2.75) is 30.1 Å². The summed E-state index contributed by atoms with van der Waals surface area (Å²) in [4.78, 5) is 0. The Bertz CT molecular complexity index is 45.8. The largest absolute Gasteiger partial charge is 0.330 e. The Morgan fingerprint density at radius 1 is 1.50 bits per heavy atom. The number of unbranched alkanes of at least 4 members (excludes halogenated alkanes) is 1. The minimum Gasteiger partial charge on any atom is -0.330 e. The molecule has 0 aromatic heterocycles. The first kappa shape index (κ1) is 8.69. The fourth-order valence-corrected chi connectivity index (χ4v) is 1.01. The molecule has 0 saturated carbocycles. The molecule has 0 aliphatic heterocycles. The van der Waals surface area contributed by atoms with Gasteiger partial charge in [0.1, 0.15) is 0 Å². The van der Waals surface area contributed by atoms with Crippen LogP contribution in [0.4, 0.5) is 0 Å². The van der Waals surface area contributed by atoms with Gasteiger partial charge >= 0.3 is 0 Å². The lowest BCUT2D eigenvalue weighted by atomic mass is 10.2. The van der Waals surface area contributed by atoms with Crippen LogP contribution in [0, 0.1) is 0 Å². The molecule has 1 atom stereocenters. The van der Waals surface area contributed by atoms with Crippen molar-refractivity contribution in [1.29, 1.82) is 0 Å². The van der Waals surface area contributed by atoms with E-state index in [1.54, 1.807) is 0 Å². The third-order valence-corrected chi connectivity index (χ3v) is 1.68. The Hall–Kier alpha value is 0.690. The molecule has 0 rings (SSSR count). The minimum absolute atomic E-state index is 0.819. The van der Waals surface area contributed by atoms with E-state index in [1.165, 1.54) is 19.3 Å².